The Morgan fingerprint density at radius 1 is 1.56 bits per heavy atom. The molecule has 0 saturated carbocycles. The molecule has 1 aliphatic heterocycles. The van der Waals surface area contributed by atoms with Crippen LogP contribution in [0.1, 0.15) is 27.7 Å². The first-order valence-electron chi connectivity index (χ1n) is 5.55. The number of rotatable bonds is 5. The lowest BCUT2D eigenvalue weighted by molar-refractivity contribution is 0.0444. The van der Waals surface area contributed by atoms with Gasteiger partial charge in [-0.3, -0.25) is 0 Å². The molecule has 1 aliphatic rings. The molecule has 1 N–H and O–H groups in total. The average Bonchev–Trinajstić information content (AvgIpc) is 2.83. The molecule has 0 bridgehead atoms. The summed E-state index contributed by atoms with van der Waals surface area (Å²) < 4.78 is 15.5. The van der Waals surface area contributed by atoms with Gasteiger partial charge in [0.15, 0.2) is 0 Å². The lowest BCUT2D eigenvalue weighted by atomic mass is 10.2. The Balaban J connectivity index is 2.07. The molecule has 16 heavy (non-hydrogen) atoms. The maximum Gasteiger partial charge on any atom is 0.407 e. The molecule has 0 radical (unpaired) electrons. The van der Waals surface area contributed by atoms with Crippen molar-refractivity contribution in [1.82, 2.24) is 5.32 Å². The monoisotopic (exact) mass is 231 g/mol. The van der Waals surface area contributed by atoms with E-state index < -0.39 is 11.7 Å². The van der Waals surface area contributed by atoms with E-state index in [0.717, 1.165) is 6.61 Å². The largest absolute Gasteiger partial charge is 0.444 e. The van der Waals surface area contributed by atoms with E-state index in [2.05, 4.69) is 5.32 Å². The SMILES string of the molecule is C[C@H](COC[C@@H]1CO1)NC(=O)OC(C)(C)C. The van der Waals surface area contributed by atoms with Crippen molar-refractivity contribution in [3.05, 3.63) is 0 Å². The van der Waals surface area contributed by atoms with Gasteiger partial charge in [0.05, 0.1) is 25.9 Å². The van der Waals surface area contributed by atoms with Gasteiger partial charge in [0, 0.05) is 0 Å². The van der Waals surface area contributed by atoms with Gasteiger partial charge in [-0.1, -0.05) is 0 Å². The second-order valence-corrected chi connectivity index (χ2v) is 5.04. The van der Waals surface area contributed by atoms with Crippen LogP contribution in [0.15, 0.2) is 0 Å². The normalized spacial score (nSPS) is 21.4. The number of nitrogens with one attached hydrogen (secondary N) is 1. The zero-order chi connectivity index (χ0) is 12.2. The molecular weight excluding hydrogens is 210 g/mol. The zero-order valence-corrected chi connectivity index (χ0v) is 10.4. The topological polar surface area (TPSA) is 60.1 Å². The van der Waals surface area contributed by atoms with Gasteiger partial charge in [0.1, 0.15) is 11.7 Å². The van der Waals surface area contributed by atoms with Gasteiger partial charge in [0.2, 0.25) is 0 Å². The van der Waals surface area contributed by atoms with E-state index in [1.54, 1.807) is 0 Å². The molecule has 5 heteroatoms. The second-order valence-electron chi connectivity index (χ2n) is 5.04. The average molecular weight is 231 g/mol. The van der Waals surface area contributed by atoms with Gasteiger partial charge >= 0.3 is 6.09 Å². The Morgan fingerprint density at radius 3 is 2.69 bits per heavy atom. The Hall–Kier alpha value is -0.810. The van der Waals surface area contributed by atoms with Crippen LogP contribution in [-0.4, -0.2) is 43.7 Å². The summed E-state index contributed by atoms with van der Waals surface area (Å²) in [6.45, 7) is 9.22. The maximum atomic E-state index is 11.4. The first-order chi connectivity index (χ1) is 7.37. The summed E-state index contributed by atoms with van der Waals surface area (Å²) in [6.07, 6.45) is -0.153. The highest BCUT2D eigenvalue weighted by atomic mass is 16.6. The molecule has 0 aliphatic carbocycles. The molecule has 0 spiro atoms. The first-order valence-corrected chi connectivity index (χ1v) is 5.55. The van der Waals surface area contributed by atoms with Gasteiger partial charge in [-0.25, -0.2) is 4.79 Å². The van der Waals surface area contributed by atoms with Crippen molar-refractivity contribution in [3.63, 3.8) is 0 Å². The van der Waals surface area contributed by atoms with Gasteiger partial charge in [0.25, 0.3) is 0 Å². The van der Waals surface area contributed by atoms with Crippen LogP contribution in [0.25, 0.3) is 0 Å². The van der Waals surface area contributed by atoms with Crippen molar-refractivity contribution in [3.8, 4) is 0 Å². The minimum atomic E-state index is -0.466. The fourth-order valence-corrected chi connectivity index (χ4v) is 1.09. The van der Waals surface area contributed by atoms with Crippen LogP contribution < -0.4 is 5.32 Å². The van der Waals surface area contributed by atoms with Crippen LogP contribution in [0.5, 0.6) is 0 Å². The molecule has 0 aromatic heterocycles. The van der Waals surface area contributed by atoms with Crippen molar-refractivity contribution in [2.75, 3.05) is 19.8 Å². The molecule has 1 heterocycles. The number of epoxide rings is 1. The van der Waals surface area contributed by atoms with E-state index in [9.17, 15) is 4.79 Å². The van der Waals surface area contributed by atoms with E-state index >= 15 is 0 Å². The van der Waals surface area contributed by atoms with Gasteiger partial charge in [-0.05, 0) is 27.7 Å². The summed E-state index contributed by atoms with van der Waals surface area (Å²) in [6, 6.07) is -0.0615. The van der Waals surface area contributed by atoms with Gasteiger partial charge in [-0.2, -0.15) is 0 Å². The second kappa shape index (κ2) is 5.50. The maximum absolute atomic E-state index is 11.4. The Morgan fingerprint density at radius 2 is 2.19 bits per heavy atom. The number of ether oxygens (including phenoxy) is 3. The predicted octanol–water partition coefficient (Wildman–Crippen LogP) is 1.31. The molecule has 2 atom stereocenters. The van der Waals surface area contributed by atoms with Gasteiger partial charge in [-0.15, -0.1) is 0 Å². The van der Waals surface area contributed by atoms with Crippen molar-refractivity contribution in [1.29, 1.82) is 0 Å². The highest BCUT2D eigenvalue weighted by molar-refractivity contribution is 5.68. The molecule has 1 rings (SSSR count). The van der Waals surface area contributed by atoms with E-state index in [-0.39, 0.29) is 12.1 Å². The number of amides is 1. The number of alkyl carbamates (subject to hydrolysis) is 1. The Labute approximate surface area is 96.4 Å². The third-order valence-corrected chi connectivity index (χ3v) is 1.84. The van der Waals surface area contributed by atoms with E-state index in [4.69, 9.17) is 14.2 Å². The number of hydrogen-bond acceptors (Lipinski definition) is 4. The predicted molar refractivity (Wildman–Crippen MR) is 59.4 cm³/mol. The minimum absolute atomic E-state index is 0.0615. The highest BCUT2D eigenvalue weighted by Crippen LogP contribution is 2.09. The highest BCUT2D eigenvalue weighted by Gasteiger charge is 2.23. The van der Waals surface area contributed by atoms with Crippen LogP contribution >= 0.6 is 0 Å². The molecule has 0 aromatic rings. The third-order valence-electron chi connectivity index (χ3n) is 1.84. The molecule has 0 aromatic carbocycles. The standard InChI is InChI=1S/C11H21NO4/c1-8(5-14-6-9-7-15-9)12-10(13)16-11(2,3)4/h8-9H,5-7H2,1-4H3,(H,12,13)/t8-,9-/m1/s1. The van der Waals surface area contributed by atoms with Crippen molar-refractivity contribution < 1.29 is 19.0 Å². The molecule has 94 valence electrons. The summed E-state index contributed by atoms with van der Waals surface area (Å²) in [4.78, 5) is 11.4. The fourth-order valence-electron chi connectivity index (χ4n) is 1.09. The number of hydrogen-bond donors (Lipinski definition) is 1. The van der Waals surface area contributed by atoms with Crippen LogP contribution in [0.2, 0.25) is 0 Å². The lowest BCUT2D eigenvalue weighted by Crippen LogP contribution is -2.40. The van der Waals surface area contributed by atoms with E-state index in [0.29, 0.717) is 13.2 Å². The zero-order valence-electron chi connectivity index (χ0n) is 10.4. The quantitative estimate of drug-likeness (QED) is 0.725. The van der Waals surface area contributed by atoms with Crippen LogP contribution in [-0.2, 0) is 14.2 Å². The summed E-state index contributed by atoms with van der Waals surface area (Å²) in [5.41, 5.74) is -0.466. The van der Waals surface area contributed by atoms with Crippen molar-refractivity contribution >= 4 is 6.09 Å². The van der Waals surface area contributed by atoms with Gasteiger partial charge < -0.3 is 19.5 Å². The molecule has 1 fully saturated rings. The summed E-state index contributed by atoms with van der Waals surface area (Å²) in [5.74, 6) is 0. The van der Waals surface area contributed by atoms with E-state index in [1.165, 1.54) is 0 Å². The number of carbonyl (C=O) groups is 1. The molecular formula is C11H21NO4. The molecule has 1 amide bonds. The summed E-state index contributed by atoms with van der Waals surface area (Å²) >= 11 is 0. The number of carbonyl (C=O) groups excluding carboxylic acids is 1. The van der Waals surface area contributed by atoms with Crippen LogP contribution in [0.3, 0.4) is 0 Å². The van der Waals surface area contributed by atoms with E-state index in [1.807, 2.05) is 27.7 Å². The van der Waals surface area contributed by atoms with Crippen molar-refractivity contribution in [2.24, 2.45) is 0 Å². The first kappa shape index (κ1) is 13.3. The smallest absolute Gasteiger partial charge is 0.407 e. The van der Waals surface area contributed by atoms with Crippen LogP contribution in [0.4, 0.5) is 4.79 Å². The Kier molecular flexibility index (Phi) is 4.56. The molecule has 5 nitrogen and oxygen atoms in total. The molecule has 0 unspecified atom stereocenters. The molecule has 1 saturated heterocycles. The lowest BCUT2D eigenvalue weighted by Gasteiger charge is -2.21. The minimum Gasteiger partial charge on any atom is -0.444 e. The van der Waals surface area contributed by atoms with Crippen LogP contribution in [0, 0.1) is 0 Å². The van der Waals surface area contributed by atoms with Crippen molar-refractivity contribution in [2.45, 2.75) is 45.4 Å². The summed E-state index contributed by atoms with van der Waals surface area (Å²) in [7, 11) is 0. The fraction of sp³-hybridized carbons (Fsp3) is 0.909. The third kappa shape index (κ3) is 6.63. The summed E-state index contributed by atoms with van der Waals surface area (Å²) in [5, 5.41) is 2.70. The Bertz CT molecular complexity index is 233.